The van der Waals surface area contributed by atoms with Crippen molar-refractivity contribution in [3.8, 4) is 0 Å². The number of unbranched alkanes of at least 4 members (excludes halogenated alkanes) is 6. The van der Waals surface area contributed by atoms with Crippen LogP contribution in [0.25, 0.3) is 0 Å². The van der Waals surface area contributed by atoms with Crippen molar-refractivity contribution >= 4 is 0 Å². The molecule has 0 aliphatic rings. The van der Waals surface area contributed by atoms with Crippen LogP contribution in [0.5, 0.6) is 0 Å². The van der Waals surface area contributed by atoms with Crippen molar-refractivity contribution in [1.29, 1.82) is 0 Å². The van der Waals surface area contributed by atoms with Gasteiger partial charge in [0.2, 0.25) is 0 Å². The Kier molecular flexibility index (Phi) is 12.2. The third-order valence-electron chi connectivity index (χ3n) is 2.28. The molecule has 1 nitrogen and oxygen atoms in total. The molecule has 0 heterocycles. The minimum atomic E-state index is 1.04. The zero-order valence-corrected chi connectivity index (χ0v) is 9.86. The Balaban J connectivity index is 3.16. The van der Waals surface area contributed by atoms with Crippen LogP contribution in [0.15, 0.2) is 36.6 Å². The smallest absolute Gasteiger partial charge is 0.0791 e. The van der Waals surface area contributed by atoms with Crippen LogP contribution in [0, 0.1) is 0 Å². The van der Waals surface area contributed by atoms with Gasteiger partial charge >= 0.3 is 0 Å². The molecule has 0 unspecified atom stereocenters. The Morgan fingerprint density at radius 3 is 2.20 bits per heavy atom. The van der Waals surface area contributed by atoms with E-state index in [-0.39, 0.29) is 0 Å². The summed E-state index contributed by atoms with van der Waals surface area (Å²) in [4.78, 5) is 0. The third-order valence-corrected chi connectivity index (χ3v) is 2.28. The molecule has 0 fully saturated rings. The first-order valence-corrected chi connectivity index (χ1v) is 6.04. The largest absolute Gasteiger partial charge is 0.516 e. The number of aliphatic hydroxyl groups excluding tert-OH is 1. The lowest BCUT2D eigenvalue weighted by molar-refractivity contribution is 0.474. The van der Waals surface area contributed by atoms with Gasteiger partial charge in [0, 0.05) is 0 Å². The van der Waals surface area contributed by atoms with Crippen molar-refractivity contribution < 1.29 is 5.11 Å². The van der Waals surface area contributed by atoms with Crippen LogP contribution in [-0.2, 0) is 0 Å². The minimum Gasteiger partial charge on any atom is -0.516 e. The third kappa shape index (κ3) is 13.0. The molecule has 0 amide bonds. The van der Waals surface area contributed by atoms with Gasteiger partial charge in [-0.1, -0.05) is 63.3 Å². The highest BCUT2D eigenvalue weighted by molar-refractivity contribution is 5.09. The summed E-state index contributed by atoms with van der Waals surface area (Å²) in [5.41, 5.74) is 0. The van der Waals surface area contributed by atoms with E-state index in [1.54, 1.807) is 6.08 Å². The van der Waals surface area contributed by atoms with Gasteiger partial charge in [0.1, 0.15) is 0 Å². The molecule has 0 aromatic heterocycles. The van der Waals surface area contributed by atoms with Crippen LogP contribution in [0.1, 0.15) is 51.9 Å². The van der Waals surface area contributed by atoms with Crippen LogP contribution < -0.4 is 0 Å². The molecular formula is C14H24O. The van der Waals surface area contributed by atoms with Gasteiger partial charge in [0.25, 0.3) is 0 Å². The highest BCUT2D eigenvalue weighted by atomic mass is 16.2. The fourth-order valence-corrected chi connectivity index (χ4v) is 1.40. The molecule has 0 bridgehead atoms. The van der Waals surface area contributed by atoms with Crippen molar-refractivity contribution in [1.82, 2.24) is 0 Å². The zero-order chi connectivity index (χ0) is 11.2. The van der Waals surface area contributed by atoms with Crippen LogP contribution in [0.3, 0.4) is 0 Å². The molecule has 0 rings (SSSR count). The molecular weight excluding hydrogens is 184 g/mol. The van der Waals surface area contributed by atoms with Crippen LogP contribution >= 0.6 is 0 Å². The second-order valence-electron chi connectivity index (χ2n) is 3.71. The van der Waals surface area contributed by atoms with Gasteiger partial charge in [-0.3, -0.25) is 0 Å². The maximum atomic E-state index is 8.35. The Morgan fingerprint density at radius 1 is 0.800 bits per heavy atom. The maximum Gasteiger partial charge on any atom is 0.0791 e. The summed E-state index contributed by atoms with van der Waals surface area (Å²) in [5.74, 6) is 0. The van der Waals surface area contributed by atoms with E-state index in [0.717, 1.165) is 6.26 Å². The average Bonchev–Trinajstić information content (AvgIpc) is 2.26. The van der Waals surface area contributed by atoms with E-state index in [2.05, 4.69) is 13.0 Å². The molecule has 0 aromatic carbocycles. The first-order chi connectivity index (χ1) is 7.41. The van der Waals surface area contributed by atoms with E-state index >= 15 is 0 Å². The quantitative estimate of drug-likeness (QED) is 0.324. The number of allylic oxidation sites excluding steroid dienone is 5. The number of rotatable bonds is 9. The number of hydrogen-bond donors (Lipinski definition) is 1. The monoisotopic (exact) mass is 208 g/mol. The molecule has 1 heteroatoms. The minimum absolute atomic E-state index is 1.04. The molecule has 0 aliphatic heterocycles. The SMILES string of the molecule is CCCCCCCC/C=C/C=C/C=C/O. The van der Waals surface area contributed by atoms with E-state index in [0.29, 0.717) is 0 Å². The number of hydrogen-bond acceptors (Lipinski definition) is 1. The van der Waals surface area contributed by atoms with E-state index in [9.17, 15) is 0 Å². The fraction of sp³-hybridized carbons (Fsp3) is 0.571. The molecule has 15 heavy (non-hydrogen) atoms. The fourth-order valence-electron chi connectivity index (χ4n) is 1.40. The molecule has 0 aromatic rings. The van der Waals surface area contributed by atoms with Crippen LogP contribution in [0.4, 0.5) is 0 Å². The van der Waals surface area contributed by atoms with Gasteiger partial charge in [0.15, 0.2) is 0 Å². The Labute approximate surface area is 94.2 Å². The van der Waals surface area contributed by atoms with Crippen LogP contribution in [-0.4, -0.2) is 5.11 Å². The Hall–Kier alpha value is -0.980. The Morgan fingerprint density at radius 2 is 1.47 bits per heavy atom. The molecule has 86 valence electrons. The van der Waals surface area contributed by atoms with Gasteiger partial charge < -0.3 is 5.11 Å². The van der Waals surface area contributed by atoms with E-state index in [4.69, 9.17) is 5.11 Å². The lowest BCUT2D eigenvalue weighted by Gasteiger charge is -1.97. The van der Waals surface area contributed by atoms with Crippen molar-refractivity contribution in [2.24, 2.45) is 0 Å². The van der Waals surface area contributed by atoms with Gasteiger partial charge in [-0.05, 0) is 18.9 Å². The van der Waals surface area contributed by atoms with Crippen molar-refractivity contribution in [3.63, 3.8) is 0 Å². The van der Waals surface area contributed by atoms with E-state index in [1.807, 2.05) is 18.2 Å². The molecule has 1 N–H and O–H groups in total. The predicted molar refractivity (Wildman–Crippen MR) is 68.0 cm³/mol. The van der Waals surface area contributed by atoms with Crippen molar-refractivity contribution in [2.75, 3.05) is 0 Å². The first-order valence-electron chi connectivity index (χ1n) is 6.04. The standard InChI is InChI=1S/C14H24O/c1-2-3-4-5-6-7-8-9-10-11-12-13-14-15/h9-15H,2-8H2,1H3/b10-9+,12-11+,14-13+. The molecule has 0 aliphatic carbocycles. The molecule has 0 saturated carbocycles. The van der Waals surface area contributed by atoms with E-state index in [1.165, 1.54) is 44.9 Å². The first kappa shape index (κ1) is 14.0. The van der Waals surface area contributed by atoms with Gasteiger partial charge in [-0.15, -0.1) is 0 Å². The maximum absolute atomic E-state index is 8.35. The summed E-state index contributed by atoms with van der Waals surface area (Å²) < 4.78 is 0. The second kappa shape index (κ2) is 13.0. The lowest BCUT2D eigenvalue weighted by atomic mass is 10.1. The van der Waals surface area contributed by atoms with Gasteiger partial charge in [-0.2, -0.15) is 0 Å². The summed E-state index contributed by atoms with van der Waals surface area (Å²) in [6, 6.07) is 0. The zero-order valence-electron chi connectivity index (χ0n) is 9.86. The molecule has 0 saturated heterocycles. The topological polar surface area (TPSA) is 20.2 Å². The van der Waals surface area contributed by atoms with Gasteiger partial charge in [0.05, 0.1) is 6.26 Å². The Bertz CT molecular complexity index is 190. The molecule has 0 radical (unpaired) electrons. The summed E-state index contributed by atoms with van der Waals surface area (Å²) in [7, 11) is 0. The van der Waals surface area contributed by atoms with Crippen molar-refractivity contribution in [2.45, 2.75) is 51.9 Å². The normalized spacial score (nSPS) is 12.3. The van der Waals surface area contributed by atoms with E-state index < -0.39 is 0 Å². The van der Waals surface area contributed by atoms with Gasteiger partial charge in [-0.25, -0.2) is 0 Å². The van der Waals surface area contributed by atoms with Crippen LogP contribution in [0.2, 0.25) is 0 Å². The second-order valence-corrected chi connectivity index (χ2v) is 3.71. The summed E-state index contributed by atoms with van der Waals surface area (Å²) >= 11 is 0. The highest BCUT2D eigenvalue weighted by Crippen LogP contribution is 2.06. The summed E-state index contributed by atoms with van der Waals surface area (Å²) in [6.45, 7) is 2.25. The molecule has 0 spiro atoms. The number of aliphatic hydroxyl groups is 1. The van der Waals surface area contributed by atoms with Crippen molar-refractivity contribution in [3.05, 3.63) is 36.6 Å². The highest BCUT2D eigenvalue weighted by Gasteiger charge is 1.87. The summed E-state index contributed by atoms with van der Waals surface area (Å²) in [5, 5.41) is 8.35. The molecule has 0 atom stereocenters. The summed E-state index contributed by atoms with van der Waals surface area (Å²) in [6.07, 6.45) is 19.9. The average molecular weight is 208 g/mol. The lowest BCUT2D eigenvalue weighted by Crippen LogP contribution is -1.77. The predicted octanol–water partition coefficient (Wildman–Crippen LogP) is 4.92.